The highest BCUT2D eigenvalue weighted by Gasteiger charge is 2.10. The Hall–Kier alpha value is -2.63. The third kappa shape index (κ3) is 4.21. The molecule has 6 heteroatoms. The topological polar surface area (TPSA) is 55.1 Å². The van der Waals surface area contributed by atoms with E-state index in [1.165, 1.54) is 0 Å². The largest absolute Gasteiger partial charge is 0.440 e. The number of nitrogens with zero attached hydrogens (tertiary/aromatic N) is 1. The summed E-state index contributed by atoms with van der Waals surface area (Å²) in [5.74, 6) is 0.440. The predicted octanol–water partition coefficient (Wildman–Crippen LogP) is 6.09. The van der Waals surface area contributed by atoms with E-state index in [0.29, 0.717) is 39.7 Å². The Morgan fingerprint density at radius 2 is 1.78 bits per heavy atom. The maximum Gasteiger partial charge on any atom is 0.255 e. The second-order valence-corrected chi connectivity index (χ2v) is 7.41. The van der Waals surface area contributed by atoms with Gasteiger partial charge in [0.2, 0.25) is 0 Å². The summed E-state index contributed by atoms with van der Waals surface area (Å²) in [6.45, 7) is 0. The predicted molar refractivity (Wildman–Crippen MR) is 110 cm³/mol. The number of oxazole rings is 1. The van der Waals surface area contributed by atoms with E-state index in [4.69, 9.17) is 16.0 Å². The van der Waals surface area contributed by atoms with Crippen LogP contribution in [0.3, 0.4) is 0 Å². The van der Waals surface area contributed by atoms with E-state index in [-0.39, 0.29) is 5.91 Å². The van der Waals surface area contributed by atoms with Crippen molar-refractivity contribution in [2.75, 3.05) is 5.32 Å². The van der Waals surface area contributed by atoms with Gasteiger partial charge in [0.1, 0.15) is 5.52 Å². The van der Waals surface area contributed by atoms with E-state index >= 15 is 0 Å². The van der Waals surface area contributed by atoms with Gasteiger partial charge in [-0.15, -0.1) is 0 Å². The van der Waals surface area contributed by atoms with Gasteiger partial charge in [-0.2, -0.15) is 0 Å². The number of anilines is 1. The molecule has 1 N–H and O–H groups in total. The molecule has 4 rings (SSSR count). The standard InChI is InChI=1S/C21H14BrClN2O2/c22-15-5-3-14(4-6-15)21(26)24-17-9-10-19-18(12-17)25-20(27-19)11-13-1-7-16(23)8-2-13/h1-10,12H,11H2,(H,24,26). The van der Waals surface area contributed by atoms with Gasteiger partial charge in [-0.3, -0.25) is 4.79 Å². The molecular formula is C21H14BrClN2O2. The van der Waals surface area contributed by atoms with Gasteiger partial charge in [0, 0.05) is 27.2 Å². The first-order chi connectivity index (χ1) is 13.1. The molecule has 0 fully saturated rings. The average molecular weight is 442 g/mol. The number of aromatic nitrogens is 1. The van der Waals surface area contributed by atoms with Crippen molar-refractivity contribution >= 4 is 50.2 Å². The Kier molecular flexibility index (Phi) is 4.97. The number of carbonyl (C=O) groups is 1. The summed E-state index contributed by atoms with van der Waals surface area (Å²) >= 11 is 9.27. The number of fused-ring (bicyclic) bond motifs is 1. The van der Waals surface area contributed by atoms with Crippen LogP contribution in [0.2, 0.25) is 5.02 Å². The summed E-state index contributed by atoms with van der Waals surface area (Å²) in [5.41, 5.74) is 3.70. The molecule has 134 valence electrons. The lowest BCUT2D eigenvalue weighted by molar-refractivity contribution is 0.102. The number of rotatable bonds is 4. The van der Waals surface area contributed by atoms with Crippen LogP contribution in [0.5, 0.6) is 0 Å². The van der Waals surface area contributed by atoms with Crippen LogP contribution in [-0.2, 0) is 6.42 Å². The molecule has 3 aromatic carbocycles. The molecule has 27 heavy (non-hydrogen) atoms. The van der Waals surface area contributed by atoms with Gasteiger partial charge in [0.25, 0.3) is 5.91 Å². The molecule has 0 atom stereocenters. The molecule has 0 saturated carbocycles. The van der Waals surface area contributed by atoms with Gasteiger partial charge < -0.3 is 9.73 Å². The molecule has 0 radical (unpaired) electrons. The molecule has 1 aromatic heterocycles. The zero-order valence-electron chi connectivity index (χ0n) is 14.1. The lowest BCUT2D eigenvalue weighted by Gasteiger charge is -2.05. The second kappa shape index (κ2) is 7.55. The minimum atomic E-state index is -0.174. The van der Waals surface area contributed by atoms with Crippen LogP contribution in [0.4, 0.5) is 5.69 Å². The van der Waals surface area contributed by atoms with E-state index in [2.05, 4.69) is 26.2 Å². The van der Waals surface area contributed by atoms with Crippen molar-refractivity contribution in [3.8, 4) is 0 Å². The molecule has 0 spiro atoms. The fraction of sp³-hybridized carbons (Fsp3) is 0.0476. The minimum absolute atomic E-state index is 0.174. The van der Waals surface area contributed by atoms with E-state index in [1.54, 1.807) is 24.3 Å². The Labute approximate surface area is 169 Å². The molecule has 0 bridgehead atoms. The van der Waals surface area contributed by atoms with E-state index in [0.717, 1.165) is 10.0 Å². The quantitative estimate of drug-likeness (QED) is 0.417. The number of amides is 1. The molecule has 0 saturated heterocycles. The van der Waals surface area contributed by atoms with Crippen LogP contribution in [-0.4, -0.2) is 10.9 Å². The number of halogens is 2. The number of hydrogen-bond donors (Lipinski definition) is 1. The Morgan fingerprint density at radius 1 is 1.04 bits per heavy atom. The number of carbonyl (C=O) groups excluding carboxylic acids is 1. The first-order valence-electron chi connectivity index (χ1n) is 8.28. The molecule has 0 aliphatic carbocycles. The molecular weight excluding hydrogens is 428 g/mol. The van der Waals surface area contributed by atoms with Crippen LogP contribution in [0.25, 0.3) is 11.1 Å². The summed E-state index contributed by atoms with van der Waals surface area (Å²) in [6, 6.07) is 20.2. The summed E-state index contributed by atoms with van der Waals surface area (Å²) in [6.07, 6.45) is 0.576. The molecule has 0 unspecified atom stereocenters. The fourth-order valence-corrected chi connectivity index (χ4v) is 3.10. The average Bonchev–Trinajstić information content (AvgIpc) is 3.05. The third-order valence-electron chi connectivity index (χ3n) is 4.06. The molecule has 0 aliphatic rings. The van der Waals surface area contributed by atoms with Crippen LogP contribution in [0, 0.1) is 0 Å². The molecule has 0 aliphatic heterocycles. The first kappa shape index (κ1) is 17.8. The fourth-order valence-electron chi connectivity index (χ4n) is 2.71. The van der Waals surface area contributed by atoms with Crippen LogP contribution in [0.1, 0.15) is 21.8 Å². The molecule has 4 aromatic rings. The highest BCUT2D eigenvalue weighted by atomic mass is 79.9. The molecule has 1 amide bonds. The lowest BCUT2D eigenvalue weighted by atomic mass is 10.1. The van der Waals surface area contributed by atoms with E-state index in [9.17, 15) is 4.79 Å². The first-order valence-corrected chi connectivity index (χ1v) is 9.45. The smallest absolute Gasteiger partial charge is 0.255 e. The molecule has 1 heterocycles. The molecule has 4 nitrogen and oxygen atoms in total. The number of benzene rings is 3. The second-order valence-electron chi connectivity index (χ2n) is 6.05. The van der Waals surface area contributed by atoms with Gasteiger partial charge in [-0.25, -0.2) is 4.98 Å². The zero-order valence-corrected chi connectivity index (χ0v) is 16.4. The normalized spacial score (nSPS) is 10.9. The van der Waals surface area contributed by atoms with Crippen molar-refractivity contribution in [1.29, 1.82) is 0 Å². The Morgan fingerprint density at radius 3 is 2.52 bits per heavy atom. The zero-order chi connectivity index (χ0) is 18.8. The Bertz CT molecular complexity index is 1110. The summed E-state index contributed by atoms with van der Waals surface area (Å²) in [4.78, 5) is 16.9. The Balaban J connectivity index is 1.52. The lowest BCUT2D eigenvalue weighted by Crippen LogP contribution is -2.11. The maximum atomic E-state index is 12.4. The van der Waals surface area contributed by atoms with Gasteiger partial charge >= 0.3 is 0 Å². The third-order valence-corrected chi connectivity index (χ3v) is 4.85. The highest BCUT2D eigenvalue weighted by molar-refractivity contribution is 9.10. The monoisotopic (exact) mass is 440 g/mol. The van der Waals surface area contributed by atoms with E-state index in [1.807, 2.05) is 42.5 Å². The van der Waals surface area contributed by atoms with Gasteiger partial charge in [-0.1, -0.05) is 39.7 Å². The van der Waals surface area contributed by atoms with Gasteiger partial charge in [0.15, 0.2) is 11.5 Å². The van der Waals surface area contributed by atoms with Crippen molar-refractivity contribution in [3.05, 3.63) is 93.2 Å². The SMILES string of the molecule is O=C(Nc1ccc2oc(Cc3ccc(Cl)cc3)nc2c1)c1ccc(Br)cc1. The van der Waals surface area contributed by atoms with Crippen molar-refractivity contribution in [3.63, 3.8) is 0 Å². The minimum Gasteiger partial charge on any atom is -0.440 e. The van der Waals surface area contributed by atoms with Crippen molar-refractivity contribution in [2.45, 2.75) is 6.42 Å². The van der Waals surface area contributed by atoms with Crippen LogP contribution < -0.4 is 5.32 Å². The van der Waals surface area contributed by atoms with Crippen molar-refractivity contribution < 1.29 is 9.21 Å². The van der Waals surface area contributed by atoms with Gasteiger partial charge in [0.05, 0.1) is 0 Å². The van der Waals surface area contributed by atoms with E-state index < -0.39 is 0 Å². The van der Waals surface area contributed by atoms with Crippen molar-refractivity contribution in [2.24, 2.45) is 0 Å². The number of hydrogen-bond acceptors (Lipinski definition) is 3. The van der Waals surface area contributed by atoms with Crippen LogP contribution in [0.15, 0.2) is 75.6 Å². The number of nitrogens with one attached hydrogen (secondary N) is 1. The summed E-state index contributed by atoms with van der Waals surface area (Å²) in [7, 11) is 0. The van der Waals surface area contributed by atoms with Crippen molar-refractivity contribution in [1.82, 2.24) is 4.98 Å². The maximum absolute atomic E-state index is 12.4. The summed E-state index contributed by atoms with van der Waals surface area (Å²) in [5, 5.41) is 3.58. The van der Waals surface area contributed by atoms with Crippen LogP contribution >= 0.6 is 27.5 Å². The summed E-state index contributed by atoms with van der Waals surface area (Å²) < 4.78 is 6.73. The highest BCUT2D eigenvalue weighted by Crippen LogP contribution is 2.22. The van der Waals surface area contributed by atoms with Gasteiger partial charge in [-0.05, 0) is 60.2 Å².